The Morgan fingerprint density at radius 2 is 2.13 bits per heavy atom. The van der Waals surface area contributed by atoms with Gasteiger partial charge in [-0.15, -0.1) is 0 Å². The Kier molecular flexibility index (Phi) is 5.14. The summed E-state index contributed by atoms with van der Waals surface area (Å²) in [7, 11) is 1.43. The number of furan rings is 1. The molecule has 8 heteroatoms. The van der Waals surface area contributed by atoms with E-state index >= 15 is 0 Å². The van der Waals surface area contributed by atoms with Crippen LogP contribution in [0, 0.1) is 11.8 Å². The Balaban J connectivity index is 1.38. The zero-order valence-corrected chi connectivity index (χ0v) is 18.5. The number of hydrogen-bond acceptors (Lipinski definition) is 6. The summed E-state index contributed by atoms with van der Waals surface area (Å²) in [5.41, 5.74) is 0.678. The third-order valence-corrected chi connectivity index (χ3v) is 7.80. The lowest BCUT2D eigenvalue weighted by atomic mass is 9.94. The smallest absolute Gasteiger partial charge is 0.339 e. The van der Waals surface area contributed by atoms with Gasteiger partial charge in [0.15, 0.2) is 0 Å². The van der Waals surface area contributed by atoms with Gasteiger partial charge in [-0.2, -0.15) is 0 Å². The summed E-state index contributed by atoms with van der Waals surface area (Å²) in [4.78, 5) is 26.9. The monoisotopic (exact) mass is 455 g/mol. The molecule has 3 unspecified atom stereocenters. The highest BCUT2D eigenvalue weighted by molar-refractivity contribution is 8.26. The van der Waals surface area contributed by atoms with E-state index in [2.05, 4.69) is 0 Å². The Hall–Kier alpha value is -2.58. The van der Waals surface area contributed by atoms with Crippen molar-refractivity contribution >= 4 is 46.3 Å². The topological polar surface area (TPSA) is 80.0 Å². The first-order chi connectivity index (χ1) is 14.9. The Morgan fingerprint density at radius 3 is 2.81 bits per heavy atom. The van der Waals surface area contributed by atoms with Crippen LogP contribution in [0.1, 0.15) is 41.8 Å². The number of thiocarbonyl (C=S) groups is 1. The second-order valence-corrected chi connectivity index (χ2v) is 9.89. The summed E-state index contributed by atoms with van der Waals surface area (Å²) in [5.74, 6) is 1.51. The molecule has 1 aliphatic heterocycles. The van der Waals surface area contributed by atoms with Crippen molar-refractivity contribution < 1.29 is 23.8 Å². The standard InChI is InChI=1S/C23H21NO5S2/c1-28-19-6-4-14(10-16(19)22(26)27)18-7-5-15(29-18)11-20-21(25)24(23(30)31-20)17-9-12-2-3-13(17)8-12/h4-7,10-13,17H,2-3,8-9H2,1H3,(H,26,27). The number of aromatic carboxylic acids is 1. The van der Waals surface area contributed by atoms with Gasteiger partial charge in [-0.3, -0.25) is 9.69 Å². The molecule has 1 aromatic heterocycles. The minimum Gasteiger partial charge on any atom is -0.496 e. The van der Waals surface area contributed by atoms with Crippen molar-refractivity contribution in [1.82, 2.24) is 4.90 Å². The van der Waals surface area contributed by atoms with E-state index in [1.165, 1.54) is 44.2 Å². The molecule has 2 heterocycles. The van der Waals surface area contributed by atoms with Crippen LogP contribution in [0.4, 0.5) is 0 Å². The second kappa shape index (κ2) is 7.84. The maximum atomic E-state index is 13.1. The van der Waals surface area contributed by atoms with Crippen LogP contribution in [0.25, 0.3) is 17.4 Å². The van der Waals surface area contributed by atoms with Gasteiger partial charge in [-0.1, -0.05) is 30.4 Å². The molecule has 0 spiro atoms. The average molecular weight is 456 g/mol. The summed E-state index contributed by atoms with van der Waals surface area (Å²) in [6, 6.07) is 8.61. The van der Waals surface area contributed by atoms with Gasteiger partial charge in [-0.05, 0) is 61.4 Å². The summed E-state index contributed by atoms with van der Waals surface area (Å²) >= 11 is 6.86. The van der Waals surface area contributed by atoms with E-state index in [0.717, 1.165) is 12.3 Å². The van der Waals surface area contributed by atoms with Crippen molar-refractivity contribution in [3.05, 3.63) is 46.6 Å². The van der Waals surface area contributed by atoms with Gasteiger partial charge in [-0.25, -0.2) is 4.79 Å². The number of nitrogens with zero attached hydrogens (tertiary/aromatic N) is 1. The first-order valence-corrected chi connectivity index (χ1v) is 11.5. The molecule has 5 rings (SSSR count). The number of carboxylic acid groups (broad SMARTS) is 1. The zero-order valence-electron chi connectivity index (χ0n) is 16.9. The fourth-order valence-corrected chi connectivity index (χ4v) is 6.39. The van der Waals surface area contributed by atoms with Crippen LogP contribution in [0.2, 0.25) is 0 Å². The number of rotatable bonds is 5. The third kappa shape index (κ3) is 3.57. The largest absolute Gasteiger partial charge is 0.496 e. The van der Waals surface area contributed by atoms with Gasteiger partial charge in [0.25, 0.3) is 5.91 Å². The maximum absolute atomic E-state index is 13.1. The van der Waals surface area contributed by atoms with Gasteiger partial charge in [0.1, 0.15) is 27.2 Å². The van der Waals surface area contributed by atoms with Crippen molar-refractivity contribution in [2.45, 2.75) is 31.7 Å². The summed E-state index contributed by atoms with van der Waals surface area (Å²) in [5, 5.41) is 9.39. The van der Waals surface area contributed by atoms with Crippen molar-refractivity contribution in [2.75, 3.05) is 7.11 Å². The minimum atomic E-state index is -1.07. The number of hydrogen-bond donors (Lipinski definition) is 1. The number of benzene rings is 1. The van der Waals surface area contributed by atoms with E-state index < -0.39 is 5.97 Å². The van der Waals surface area contributed by atoms with E-state index in [4.69, 9.17) is 21.4 Å². The molecule has 1 saturated heterocycles. The predicted molar refractivity (Wildman–Crippen MR) is 122 cm³/mol. The highest BCUT2D eigenvalue weighted by Crippen LogP contribution is 2.49. The van der Waals surface area contributed by atoms with Crippen molar-refractivity contribution in [1.29, 1.82) is 0 Å². The number of methoxy groups -OCH3 is 1. The van der Waals surface area contributed by atoms with Crippen LogP contribution < -0.4 is 4.74 Å². The van der Waals surface area contributed by atoms with E-state index in [9.17, 15) is 14.7 Å². The second-order valence-electron chi connectivity index (χ2n) is 8.22. The molecule has 2 bridgehead atoms. The van der Waals surface area contributed by atoms with E-state index in [1.807, 2.05) is 4.90 Å². The normalized spacial score (nSPS) is 26.3. The van der Waals surface area contributed by atoms with Gasteiger partial charge in [0.2, 0.25) is 0 Å². The van der Waals surface area contributed by atoms with Gasteiger partial charge in [0, 0.05) is 17.7 Å². The van der Waals surface area contributed by atoms with E-state index in [1.54, 1.807) is 30.3 Å². The molecule has 3 fully saturated rings. The van der Waals surface area contributed by atoms with E-state index in [-0.39, 0.29) is 23.3 Å². The van der Waals surface area contributed by atoms with Gasteiger partial charge < -0.3 is 14.3 Å². The van der Waals surface area contributed by atoms with Crippen molar-refractivity contribution in [3.8, 4) is 17.1 Å². The summed E-state index contributed by atoms with van der Waals surface area (Å²) in [6.45, 7) is 0. The van der Waals surface area contributed by atoms with Crippen LogP contribution in [0.3, 0.4) is 0 Å². The van der Waals surface area contributed by atoms with Crippen molar-refractivity contribution in [2.24, 2.45) is 11.8 Å². The summed E-state index contributed by atoms with van der Waals surface area (Å²) in [6.07, 6.45) is 6.45. The van der Waals surface area contributed by atoms with Crippen LogP contribution >= 0.6 is 24.0 Å². The number of ether oxygens (including phenoxy) is 1. The molecule has 3 aliphatic rings. The van der Waals surface area contributed by atoms with Gasteiger partial charge in [0.05, 0.1) is 12.0 Å². The van der Waals surface area contributed by atoms with Crippen LogP contribution in [-0.2, 0) is 4.79 Å². The molecule has 1 aromatic carbocycles. The lowest BCUT2D eigenvalue weighted by Gasteiger charge is -2.30. The third-order valence-electron chi connectivity index (χ3n) is 6.47. The SMILES string of the molecule is COc1ccc(-c2ccc(C=C3SC(=S)N(C4CC5CCC4C5)C3=O)o2)cc1C(=O)O. The number of carbonyl (C=O) groups excluding carboxylic acids is 1. The number of carboxylic acids is 1. The molecule has 0 radical (unpaired) electrons. The van der Waals surface area contributed by atoms with Crippen LogP contribution in [-0.4, -0.2) is 39.4 Å². The lowest BCUT2D eigenvalue weighted by Crippen LogP contribution is -2.41. The molecule has 1 N–H and O–H groups in total. The fraction of sp³-hybridized carbons (Fsp3) is 0.348. The molecule has 31 heavy (non-hydrogen) atoms. The molecule has 2 aromatic rings. The van der Waals surface area contributed by atoms with Crippen LogP contribution in [0.15, 0.2) is 39.7 Å². The Bertz CT molecular complexity index is 1120. The number of carbonyl (C=O) groups is 2. The molecule has 2 aliphatic carbocycles. The van der Waals surface area contributed by atoms with Crippen LogP contribution in [0.5, 0.6) is 5.75 Å². The maximum Gasteiger partial charge on any atom is 0.339 e. The highest BCUT2D eigenvalue weighted by Gasteiger charge is 2.48. The minimum absolute atomic E-state index is 0.0388. The zero-order chi connectivity index (χ0) is 21.7. The first-order valence-electron chi connectivity index (χ1n) is 10.2. The quantitative estimate of drug-likeness (QED) is 0.499. The highest BCUT2D eigenvalue weighted by atomic mass is 32.2. The van der Waals surface area contributed by atoms with Crippen molar-refractivity contribution in [3.63, 3.8) is 0 Å². The van der Waals surface area contributed by atoms with Gasteiger partial charge >= 0.3 is 5.97 Å². The molecule has 2 saturated carbocycles. The number of amides is 1. The number of thioether (sulfide) groups is 1. The van der Waals surface area contributed by atoms with E-state index in [0.29, 0.717) is 32.2 Å². The Morgan fingerprint density at radius 1 is 1.29 bits per heavy atom. The predicted octanol–water partition coefficient (Wildman–Crippen LogP) is 5.04. The summed E-state index contributed by atoms with van der Waals surface area (Å²) < 4.78 is 11.6. The molecular weight excluding hydrogens is 434 g/mol. The molecular formula is C23H21NO5S2. The molecule has 6 nitrogen and oxygen atoms in total. The number of fused-ring (bicyclic) bond motifs is 2. The average Bonchev–Trinajstić information content (AvgIpc) is 3.53. The lowest BCUT2D eigenvalue weighted by molar-refractivity contribution is -0.124. The molecule has 3 atom stereocenters. The first kappa shape index (κ1) is 20.3. The molecule has 1 amide bonds. The molecule has 160 valence electrons. The fourth-order valence-electron chi connectivity index (χ4n) is 5.04. The Labute approximate surface area is 189 Å².